The molecule has 4 aromatic rings. The van der Waals surface area contributed by atoms with Crippen molar-refractivity contribution < 1.29 is 0 Å². The number of hydrogen-bond donors (Lipinski definition) is 1. The molecule has 130 valence electrons. The van der Waals surface area contributed by atoms with Crippen molar-refractivity contribution in [2.24, 2.45) is 0 Å². The molecule has 3 aromatic carbocycles. The van der Waals surface area contributed by atoms with E-state index in [2.05, 4.69) is 64.9 Å². The second kappa shape index (κ2) is 8.00. The smallest absolute Gasteiger partial charge is 0.107 e. The maximum atomic E-state index is 5.92. The SMILES string of the molecule is Clc1ccc(CCNCc2ncc(-c3cccc4ccccc34)s2)cc1. The van der Waals surface area contributed by atoms with E-state index in [0.717, 1.165) is 29.5 Å². The van der Waals surface area contributed by atoms with Crippen LogP contribution in [0.1, 0.15) is 10.6 Å². The minimum absolute atomic E-state index is 0.783. The zero-order chi connectivity index (χ0) is 17.8. The molecule has 0 atom stereocenters. The van der Waals surface area contributed by atoms with Gasteiger partial charge in [-0.2, -0.15) is 0 Å². The van der Waals surface area contributed by atoms with Crippen molar-refractivity contribution in [2.75, 3.05) is 6.54 Å². The second-order valence-electron chi connectivity index (χ2n) is 6.20. The zero-order valence-corrected chi connectivity index (χ0v) is 15.9. The van der Waals surface area contributed by atoms with Crippen molar-refractivity contribution in [1.29, 1.82) is 0 Å². The highest BCUT2D eigenvalue weighted by molar-refractivity contribution is 7.15. The van der Waals surface area contributed by atoms with E-state index in [1.165, 1.54) is 26.8 Å². The third-order valence-electron chi connectivity index (χ3n) is 4.39. The monoisotopic (exact) mass is 378 g/mol. The first kappa shape index (κ1) is 17.2. The molecular weight excluding hydrogens is 360 g/mol. The molecule has 0 unspecified atom stereocenters. The average Bonchev–Trinajstić information content (AvgIpc) is 3.15. The molecule has 0 aliphatic carbocycles. The van der Waals surface area contributed by atoms with Gasteiger partial charge in [0.25, 0.3) is 0 Å². The van der Waals surface area contributed by atoms with E-state index in [1.54, 1.807) is 11.3 Å². The van der Waals surface area contributed by atoms with Gasteiger partial charge in [0.05, 0.1) is 4.88 Å². The molecule has 0 aliphatic rings. The number of hydrogen-bond acceptors (Lipinski definition) is 3. The van der Waals surface area contributed by atoms with E-state index in [4.69, 9.17) is 11.6 Å². The molecule has 0 aliphatic heterocycles. The quantitative estimate of drug-likeness (QED) is 0.419. The molecule has 4 rings (SSSR count). The first-order valence-electron chi connectivity index (χ1n) is 8.67. The molecule has 0 saturated heterocycles. The van der Waals surface area contributed by atoms with Crippen molar-refractivity contribution in [2.45, 2.75) is 13.0 Å². The minimum Gasteiger partial charge on any atom is -0.310 e. The van der Waals surface area contributed by atoms with Crippen LogP contribution in [0, 0.1) is 0 Å². The van der Waals surface area contributed by atoms with Crippen LogP contribution in [-0.4, -0.2) is 11.5 Å². The highest BCUT2D eigenvalue weighted by atomic mass is 35.5. The van der Waals surface area contributed by atoms with Gasteiger partial charge < -0.3 is 5.32 Å². The summed E-state index contributed by atoms with van der Waals surface area (Å²) in [6, 6.07) is 23.0. The first-order chi connectivity index (χ1) is 12.8. The number of nitrogens with one attached hydrogen (secondary N) is 1. The number of fused-ring (bicyclic) bond motifs is 1. The molecule has 4 heteroatoms. The zero-order valence-electron chi connectivity index (χ0n) is 14.3. The summed E-state index contributed by atoms with van der Waals surface area (Å²) in [6.07, 6.45) is 2.97. The lowest BCUT2D eigenvalue weighted by Crippen LogP contribution is -2.16. The van der Waals surface area contributed by atoms with E-state index in [-0.39, 0.29) is 0 Å². The van der Waals surface area contributed by atoms with Gasteiger partial charge in [0.1, 0.15) is 5.01 Å². The van der Waals surface area contributed by atoms with Gasteiger partial charge in [-0.05, 0) is 41.4 Å². The number of thiazole rings is 1. The summed E-state index contributed by atoms with van der Waals surface area (Å²) in [5.74, 6) is 0. The molecule has 2 nitrogen and oxygen atoms in total. The van der Waals surface area contributed by atoms with Gasteiger partial charge in [0, 0.05) is 23.3 Å². The summed E-state index contributed by atoms with van der Waals surface area (Å²) >= 11 is 7.68. The Morgan fingerprint density at radius 2 is 1.73 bits per heavy atom. The molecule has 26 heavy (non-hydrogen) atoms. The van der Waals surface area contributed by atoms with Crippen molar-refractivity contribution >= 4 is 33.7 Å². The molecule has 0 saturated carbocycles. The third-order valence-corrected chi connectivity index (χ3v) is 5.67. The van der Waals surface area contributed by atoms with E-state index in [9.17, 15) is 0 Å². The van der Waals surface area contributed by atoms with Gasteiger partial charge >= 0.3 is 0 Å². The Bertz CT molecular complexity index is 1000. The van der Waals surface area contributed by atoms with Crippen molar-refractivity contribution in [3.8, 4) is 10.4 Å². The Balaban J connectivity index is 1.39. The van der Waals surface area contributed by atoms with E-state index < -0.39 is 0 Å². The Morgan fingerprint density at radius 3 is 2.62 bits per heavy atom. The predicted molar refractivity (Wildman–Crippen MR) is 112 cm³/mol. The minimum atomic E-state index is 0.783. The van der Waals surface area contributed by atoms with Crippen LogP contribution in [0.15, 0.2) is 72.9 Å². The summed E-state index contributed by atoms with van der Waals surface area (Å²) < 4.78 is 0. The molecule has 0 amide bonds. The fourth-order valence-electron chi connectivity index (χ4n) is 3.04. The molecule has 0 radical (unpaired) electrons. The van der Waals surface area contributed by atoms with Gasteiger partial charge in [-0.1, -0.05) is 66.2 Å². The predicted octanol–water partition coefficient (Wildman–Crippen LogP) is 5.95. The molecule has 1 heterocycles. The van der Waals surface area contributed by atoms with Crippen LogP contribution in [0.3, 0.4) is 0 Å². The van der Waals surface area contributed by atoms with Crippen molar-refractivity contribution in [3.05, 3.63) is 88.5 Å². The van der Waals surface area contributed by atoms with Crippen molar-refractivity contribution in [3.63, 3.8) is 0 Å². The van der Waals surface area contributed by atoms with Crippen LogP contribution in [0.2, 0.25) is 5.02 Å². The standard InChI is InChI=1S/C22H19ClN2S/c23-18-10-8-16(9-11-18)12-13-24-15-22-25-14-21(26-22)20-7-3-5-17-4-1-2-6-19(17)20/h1-11,14,24H,12-13,15H2. The van der Waals surface area contributed by atoms with Crippen LogP contribution in [0.25, 0.3) is 21.2 Å². The summed E-state index contributed by atoms with van der Waals surface area (Å²) in [5, 5.41) is 7.92. The summed E-state index contributed by atoms with van der Waals surface area (Å²) in [6.45, 7) is 1.72. The largest absolute Gasteiger partial charge is 0.310 e. The van der Waals surface area contributed by atoms with Gasteiger partial charge in [0.15, 0.2) is 0 Å². The van der Waals surface area contributed by atoms with Gasteiger partial charge in [-0.15, -0.1) is 11.3 Å². The fraction of sp³-hybridized carbons (Fsp3) is 0.136. The normalized spacial score (nSPS) is 11.1. The number of rotatable bonds is 6. The number of halogens is 1. The van der Waals surface area contributed by atoms with Crippen molar-refractivity contribution in [1.82, 2.24) is 10.3 Å². The van der Waals surface area contributed by atoms with Gasteiger partial charge in [-0.25, -0.2) is 4.98 Å². The highest BCUT2D eigenvalue weighted by Crippen LogP contribution is 2.32. The summed E-state index contributed by atoms with van der Waals surface area (Å²) in [4.78, 5) is 5.81. The Hall–Kier alpha value is -2.20. The molecule has 0 spiro atoms. The lowest BCUT2D eigenvalue weighted by atomic mass is 10.0. The maximum Gasteiger partial charge on any atom is 0.107 e. The Morgan fingerprint density at radius 1 is 0.923 bits per heavy atom. The third kappa shape index (κ3) is 3.96. The van der Waals surface area contributed by atoms with Gasteiger partial charge in [-0.3, -0.25) is 0 Å². The van der Waals surface area contributed by atoms with E-state index in [1.807, 2.05) is 18.3 Å². The van der Waals surface area contributed by atoms with Crippen LogP contribution in [0.4, 0.5) is 0 Å². The summed E-state index contributed by atoms with van der Waals surface area (Å²) in [7, 11) is 0. The Labute approximate surface area is 162 Å². The average molecular weight is 379 g/mol. The number of nitrogens with zero attached hydrogens (tertiary/aromatic N) is 1. The molecule has 1 aromatic heterocycles. The van der Waals surface area contributed by atoms with E-state index in [0.29, 0.717) is 0 Å². The second-order valence-corrected chi connectivity index (χ2v) is 7.75. The maximum absolute atomic E-state index is 5.92. The molecule has 1 N–H and O–H groups in total. The highest BCUT2D eigenvalue weighted by Gasteiger charge is 2.07. The molecule has 0 bridgehead atoms. The fourth-order valence-corrected chi connectivity index (χ4v) is 4.09. The molecular formula is C22H19ClN2S. The molecule has 0 fully saturated rings. The van der Waals surface area contributed by atoms with Crippen LogP contribution in [0.5, 0.6) is 0 Å². The summed E-state index contributed by atoms with van der Waals surface area (Å²) in [5.41, 5.74) is 2.55. The number of benzene rings is 3. The topological polar surface area (TPSA) is 24.9 Å². The lowest BCUT2D eigenvalue weighted by Gasteiger charge is -2.04. The van der Waals surface area contributed by atoms with Crippen LogP contribution >= 0.6 is 22.9 Å². The van der Waals surface area contributed by atoms with E-state index >= 15 is 0 Å². The Kier molecular flexibility index (Phi) is 5.30. The first-order valence-corrected chi connectivity index (χ1v) is 9.87. The number of aromatic nitrogens is 1. The van der Waals surface area contributed by atoms with Gasteiger partial charge in [0.2, 0.25) is 0 Å². The van der Waals surface area contributed by atoms with Crippen LogP contribution in [-0.2, 0) is 13.0 Å². The lowest BCUT2D eigenvalue weighted by molar-refractivity contribution is 0.684. The van der Waals surface area contributed by atoms with Crippen LogP contribution < -0.4 is 5.32 Å².